The molecule has 110 valence electrons. The summed E-state index contributed by atoms with van der Waals surface area (Å²) in [6.07, 6.45) is -0.748. The van der Waals surface area contributed by atoms with Gasteiger partial charge in [-0.2, -0.15) is 0 Å². The van der Waals surface area contributed by atoms with E-state index in [1.807, 2.05) is 37.4 Å². The van der Waals surface area contributed by atoms with Crippen LogP contribution in [0.15, 0.2) is 30.3 Å². The number of ether oxygens (including phenoxy) is 1. The van der Waals surface area contributed by atoms with Gasteiger partial charge in [-0.05, 0) is 19.0 Å². The fraction of sp³-hybridized carbons (Fsp3) is 0.533. The van der Waals surface area contributed by atoms with Crippen LogP contribution in [0.2, 0.25) is 0 Å². The molecule has 1 aliphatic heterocycles. The normalized spacial score (nSPS) is 22.6. The molecule has 0 saturated carbocycles. The zero-order valence-electron chi connectivity index (χ0n) is 11.7. The minimum absolute atomic E-state index is 0.0156. The first-order chi connectivity index (χ1) is 9.70. The summed E-state index contributed by atoms with van der Waals surface area (Å²) in [5.74, 6) is -0.0156. The Balaban J connectivity index is 1.79. The van der Waals surface area contributed by atoms with Crippen molar-refractivity contribution >= 4 is 6.09 Å². The molecule has 0 aromatic heterocycles. The first kappa shape index (κ1) is 14.8. The SMILES string of the molecule is CNC[C@@H]1CCN(C(=O)OCc2ccccc2)CC1F. The molecule has 20 heavy (non-hydrogen) atoms. The van der Waals surface area contributed by atoms with Crippen LogP contribution < -0.4 is 5.32 Å². The van der Waals surface area contributed by atoms with Crippen molar-refractivity contribution in [3.8, 4) is 0 Å². The van der Waals surface area contributed by atoms with Gasteiger partial charge in [-0.25, -0.2) is 9.18 Å². The molecular formula is C15H21FN2O2. The predicted molar refractivity (Wildman–Crippen MR) is 75.1 cm³/mol. The Morgan fingerprint density at radius 2 is 2.20 bits per heavy atom. The van der Waals surface area contributed by atoms with Crippen LogP contribution >= 0.6 is 0 Å². The van der Waals surface area contributed by atoms with E-state index in [0.29, 0.717) is 19.5 Å². The van der Waals surface area contributed by atoms with Crippen molar-refractivity contribution in [2.45, 2.75) is 19.2 Å². The van der Waals surface area contributed by atoms with E-state index in [0.717, 1.165) is 5.56 Å². The third kappa shape index (κ3) is 3.93. The van der Waals surface area contributed by atoms with E-state index >= 15 is 0 Å². The topological polar surface area (TPSA) is 41.6 Å². The summed E-state index contributed by atoms with van der Waals surface area (Å²) in [6.45, 7) is 1.56. The fourth-order valence-corrected chi connectivity index (χ4v) is 2.42. The third-order valence-electron chi connectivity index (χ3n) is 3.61. The van der Waals surface area contributed by atoms with E-state index in [2.05, 4.69) is 5.32 Å². The lowest BCUT2D eigenvalue weighted by Gasteiger charge is -2.33. The van der Waals surface area contributed by atoms with Crippen LogP contribution in [0.4, 0.5) is 9.18 Å². The summed E-state index contributed by atoms with van der Waals surface area (Å²) in [5, 5.41) is 2.98. The monoisotopic (exact) mass is 280 g/mol. The van der Waals surface area contributed by atoms with Crippen LogP contribution in [0.5, 0.6) is 0 Å². The Bertz CT molecular complexity index is 427. The molecule has 1 saturated heterocycles. The van der Waals surface area contributed by atoms with Gasteiger partial charge in [0.25, 0.3) is 0 Å². The largest absolute Gasteiger partial charge is 0.445 e. The predicted octanol–water partition coefficient (Wildman–Crippen LogP) is 2.20. The maximum absolute atomic E-state index is 13.9. The molecule has 1 aromatic carbocycles. The van der Waals surface area contributed by atoms with E-state index in [1.165, 1.54) is 4.90 Å². The smallest absolute Gasteiger partial charge is 0.410 e. The molecule has 0 aliphatic carbocycles. The van der Waals surface area contributed by atoms with E-state index in [9.17, 15) is 9.18 Å². The Labute approximate surface area is 118 Å². The molecule has 2 rings (SSSR count). The number of piperidine rings is 1. The van der Waals surface area contributed by atoms with Crippen LogP contribution in [0.25, 0.3) is 0 Å². The number of hydrogen-bond donors (Lipinski definition) is 1. The molecule has 1 fully saturated rings. The lowest BCUT2D eigenvalue weighted by Crippen LogP contribution is -2.47. The van der Waals surface area contributed by atoms with Gasteiger partial charge in [0.05, 0.1) is 6.54 Å². The maximum Gasteiger partial charge on any atom is 0.410 e. The Morgan fingerprint density at radius 1 is 1.45 bits per heavy atom. The Hall–Kier alpha value is -1.62. The maximum atomic E-state index is 13.9. The minimum atomic E-state index is -0.986. The Morgan fingerprint density at radius 3 is 2.85 bits per heavy atom. The van der Waals surface area contributed by atoms with Gasteiger partial charge in [0.1, 0.15) is 12.8 Å². The van der Waals surface area contributed by atoms with Crippen molar-refractivity contribution in [1.29, 1.82) is 0 Å². The number of amides is 1. The molecule has 1 unspecified atom stereocenters. The van der Waals surface area contributed by atoms with Gasteiger partial charge in [0, 0.05) is 19.0 Å². The van der Waals surface area contributed by atoms with Crippen molar-refractivity contribution in [2.24, 2.45) is 5.92 Å². The van der Waals surface area contributed by atoms with Crippen LogP contribution in [0.3, 0.4) is 0 Å². The first-order valence-electron chi connectivity index (χ1n) is 6.95. The van der Waals surface area contributed by atoms with Crippen LogP contribution in [-0.4, -0.2) is 43.8 Å². The number of nitrogens with one attached hydrogen (secondary N) is 1. The van der Waals surface area contributed by atoms with Gasteiger partial charge < -0.3 is 15.0 Å². The molecule has 1 heterocycles. The second-order valence-electron chi connectivity index (χ2n) is 5.11. The molecular weight excluding hydrogens is 259 g/mol. The summed E-state index contributed by atoms with van der Waals surface area (Å²) < 4.78 is 19.1. The Kier molecular flexibility index (Phi) is 5.35. The fourth-order valence-electron chi connectivity index (χ4n) is 2.42. The van der Waals surface area contributed by atoms with Crippen molar-refractivity contribution in [1.82, 2.24) is 10.2 Å². The van der Waals surface area contributed by atoms with Crippen LogP contribution in [0.1, 0.15) is 12.0 Å². The van der Waals surface area contributed by atoms with Gasteiger partial charge in [-0.3, -0.25) is 0 Å². The molecule has 5 heteroatoms. The number of carbonyl (C=O) groups is 1. The van der Waals surface area contributed by atoms with Gasteiger partial charge in [-0.15, -0.1) is 0 Å². The van der Waals surface area contributed by atoms with Gasteiger partial charge >= 0.3 is 6.09 Å². The minimum Gasteiger partial charge on any atom is -0.445 e. The van der Waals surface area contributed by atoms with Crippen molar-refractivity contribution in [2.75, 3.05) is 26.7 Å². The lowest BCUT2D eigenvalue weighted by atomic mass is 9.95. The highest BCUT2D eigenvalue weighted by Crippen LogP contribution is 2.20. The van der Waals surface area contributed by atoms with Gasteiger partial charge in [0.15, 0.2) is 0 Å². The molecule has 1 aliphatic rings. The molecule has 0 bridgehead atoms. The second kappa shape index (κ2) is 7.24. The number of halogens is 1. The number of carbonyl (C=O) groups excluding carboxylic acids is 1. The molecule has 4 nitrogen and oxygen atoms in total. The van der Waals surface area contributed by atoms with E-state index in [1.54, 1.807) is 0 Å². The summed E-state index contributed by atoms with van der Waals surface area (Å²) in [5.41, 5.74) is 0.933. The summed E-state index contributed by atoms with van der Waals surface area (Å²) in [7, 11) is 1.81. The molecule has 0 spiro atoms. The molecule has 1 amide bonds. The highest BCUT2D eigenvalue weighted by atomic mass is 19.1. The molecule has 1 aromatic rings. The van der Waals surface area contributed by atoms with E-state index < -0.39 is 12.3 Å². The number of rotatable bonds is 4. The number of hydrogen-bond acceptors (Lipinski definition) is 3. The molecule has 0 radical (unpaired) electrons. The number of alkyl halides is 1. The second-order valence-corrected chi connectivity index (χ2v) is 5.11. The van der Waals surface area contributed by atoms with Gasteiger partial charge in [0.2, 0.25) is 0 Å². The lowest BCUT2D eigenvalue weighted by molar-refractivity contribution is 0.0521. The number of benzene rings is 1. The zero-order chi connectivity index (χ0) is 14.4. The quantitative estimate of drug-likeness (QED) is 0.919. The zero-order valence-corrected chi connectivity index (χ0v) is 11.7. The van der Waals surface area contributed by atoms with E-state index in [4.69, 9.17) is 4.74 Å². The summed E-state index contributed by atoms with van der Waals surface area (Å²) in [4.78, 5) is 13.4. The average Bonchev–Trinajstić information content (AvgIpc) is 2.48. The summed E-state index contributed by atoms with van der Waals surface area (Å²) in [6, 6.07) is 9.48. The number of nitrogens with zero attached hydrogens (tertiary/aromatic N) is 1. The average molecular weight is 280 g/mol. The van der Waals surface area contributed by atoms with Crippen LogP contribution in [0, 0.1) is 5.92 Å². The third-order valence-corrected chi connectivity index (χ3v) is 3.61. The standard InChI is InChI=1S/C15H21FN2O2/c1-17-9-13-7-8-18(10-14(13)16)15(19)20-11-12-5-3-2-4-6-12/h2-6,13-14,17H,7-11H2,1H3/t13-,14?/m0/s1. The van der Waals surface area contributed by atoms with E-state index in [-0.39, 0.29) is 19.1 Å². The van der Waals surface area contributed by atoms with Crippen molar-refractivity contribution < 1.29 is 13.9 Å². The molecule has 2 atom stereocenters. The summed E-state index contributed by atoms with van der Waals surface area (Å²) >= 11 is 0. The highest BCUT2D eigenvalue weighted by Gasteiger charge is 2.31. The van der Waals surface area contributed by atoms with Crippen LogP contribution in [-0.2, 0) is 11.3 Å². The van der Waals surface area contributed by atoms with Gasteiger partial charge in [-0.1, -0.05) is 30.3 Å². The first-order valence-corrected chi connectivity index (χ1v) is 6.95. The number of likely N-dealkylation sites (tertiary alicyclic amines) is 1. The van der Waals surface area contributed by atoms with Crippen molar-refractivity contribution in [3.05, 3.63) is 35.9 Å². The molecule has 1 N–H and O–H groups in total. The highest BCUT2D eigenvalue weighted by molar-refractivity contribution is 5.67. The van der Waals surface area contributed by atoms with Crippen molar-refractivity contribution in [3.63, 3.8) is 0 Å².